The SMILES string of the molecule is O=C(O)C(=O)c1cc(Cc2ccccc2)cc(-c2ccccc2)c1. The highest BCUT2D eigenvalue weighted by Gasteiger charge is 2.16. The number of aliphatic carboxylic acids is 1. The van der Waals surface area contributed by atoms with Crippen LogP contribution in [0.15, 0.2) is 78.9 Å². The minimum absolute atomic E-state index is 0.204. The zero-order valence-corrected chi connectivity index (χ0v) is 13.0. The van der Waals surface area contributed by atoms with E-state index in [4.69, 9.17) is 5.11 Å². The van der Waals surface area contributed by atoms with Crippen LogP contribution in [0.3, 0.4) is 0 Å². The van der Waals surface area contributed by atoms with Gasteiger partial charge in [0.25, 0.3) is 5.78 Å². The number of benzene rings is 3. The van der Waals surface area contributed by atoms with Crippen molar-refractivity contribution in [3.63, 3.8) is 0 Å². The molecule has 0 aliphatic rings. The standard InChI is InChI=1S/C21H16O3/c22-20(21(23)24)19-13-16(11-15-7-3-1-4-8-15)12-18(14-19)17-9-5-2-6-10-17/h1-10,12-14H,11H2,(H,23,24). The van der Waals surface area contributed by atoms with Crippen molar-refractivity contribution in [2.24, 2.45) is 0 Å². The maximum atomic E-state index is 11.9. The first-order valence-electron chi connectivity index (χ1n) is 7.64. The van der Waals surface area contributed by atoms with Crippen LogP contribution < -0.4 is 0 Å². The number of carbonyl (C=O) groups excluding carboxylic acids is 1. The number of carboxylic acids is 1. The van der Waals surface area contributed by atoms with Crippen LogP contribution in [0.25, 0.3) is 11.1 Å². The fraction of sp³-hybridized carbons (Fsp3) is 0.0476. The van der Waals surface area contributed by atoms with Crippen molar-refractivity contribution in [1.29, 1.82) is 0 Å². The second-order valence-electron chi connectivity index (χ2n) is 5.58. The zero-order valence-electron chi connectivity index (χ0n) is 13.0. The molecular formula is C21H16O3. The van der Waals surface area contributed by atoms with Crippen LogP contribution >= 0.6 is 0 Å². The van der Waals surface area contributed by atoms with Crippen molar-refractivity contribution in [2.45, 2.75) is 6.42 Å². The number of hydrogen-bond donors (Lipinski definition) is 1. The Hall–Kier alpha value is -3.20. The van der Waals surface area contributed by atoms with Gasteiger partial charge in [0.2, 0.25) is 0 Å². The molecule has 0 fully saturated rings. The van der Waals surface area contributed by atoms with Gasteiger partial charge in [0.15, 0.2) is 0 Å². The highest BCUT2D eigenvalue weighted by molar-refractivity contribution is 6.40. The molecule has 0 saturated carbocycles. The third kappa shape index (κ3) is 3.58. The summed E-state index contributed by atoms with van der Waals surface area (Å²) in [7, 11) is 0. The van der Waals surface area contributed by atoms with Gasteiger partial charge in [-0.15, -0.1) is 0 Å². The van der Waals surface area contributed by atoms with Gasteiger partial charge in [-0.2, -0.15) is 0 Å². The average Bonchev–Trinajstić information content (AvgIpc) is 2.62. The van der Waals surface area contributed by atoms with Crippen molar-refractivity contribution < 1.29 is 14.7 Å². The molecule has 0 saturated heterocycles. The van der Waals surface area contributed by atoms with E-state index < -0.39 is 11.8 Å². The molecule has 1 N–H and O–H groups in total. The van der Waals surface area contributed by atoms with Gasteiger partial charge in [0.1, 0.15) is 0 Å². The summed E-state index contributed by atoms with van der Waals surface area (Å²) in [4.78, 5) is 23.0. The molecule has 3 aromatic carbocycles. The Labute approximate surface area is 140 Å². The summed E-state index contributed by atoms with van der Waals surface area (Å²) in [6.07, 6.45) is 0.640. The molecule has 0 aliphatic carbocycles. The quantitative estimate of drug-likeness (QED) is 0.566. The third-order valence-electron chi connectivity index (χ3n) is 3.81. The first kappa shape index (κ1) is 15.7. The topological polar surface area (TPSA) is 54.4 Å². The zero-order chi connectivity index (χ0) is 16.9. The van der Waals surface area contributed by atoms with Gasteiger partial charge in [0.05, 0.1) is 0 Å². The van der Waals surface area contributed by atoms with Gasteiger partial charge in [-0.25, -0.2) is 4.79 Å². The van der Waals surface area contributed by atoms with E-state index in [1.165, 1.54) is 0 Å². The van der Waals surface area contributed by atoms with E-state index in [0.29, 0.717) is 6.42 Å². The Kier molecular flexibility index (Phi) is 4.52. The number of rotatable bonds is 5. The molecular weight excluding hydrogens is 300 g/mol. The maximum Gasteiger partial charge on any atom is 0.377 e. The van der Waals surface area contributed by atoms with Gasteiger partial charge in [-0.3, -0.25) is 4.79 Å². The molecule has 24 heavy (non-hydrogen) atoms. The van der Waals surface area contributed by atoms with Crippen LogP contribution in [-0.4, -0.2) is 16.9 Å². The summed E-state index contributed by atoms with van der Waals surface area (Å²) in [6.45, 7) is 0. The van der Waals surface area contributed by atoms with Gasteiger partial charge >= 0.3 is 5.97 Å². The first-order valence-corrected chi connectivity index (χ1v) is 7.64. The Balaban J connectivity index is 2.06. The second-order valence-corrected chi connectivity index (χ2v) is 5.58. The third-order valence-corrected chi connectivity index (χ3v) is 3.81. The van der Waals surface area contributed by atoms with Crippen LogP contribution in [0.1, 0.15) is 21.5 Å². The molecule has 0 amide bonds. The lowest BCUT2D eigenvalue weighted by atomic mass is 9.95. The minimum Gasteiger partial charge on any atom is -0.475 e. The van der Waals surface area contributed by atoms with Crippen molar-refractivity contribution in [3.8, 4) is 11.1 Å². The van der Waals surface area contributed by atoms with Crippen LogP contribution in [-0.2, 0) is 11.2 Å². The van der Waals surface area contributed by atoms with E-state index in [0.717, 1.165) is 22.3 Å². The Morgan fingerprint density at radius 1 is 0.708 bits per heavy atom. The summed E-state index contributed by atoms with van der Waals surface area (Å²) in [5.74, 6) is -2.33. The molecule has 0 atom stereocenters. The summed E-state index contributed by atoms with van der Waals surface area (Å²) < 4.78 is 0. The molecule has 118 valence electrons. The molecule has 3 aromatic rings. The maximum absolute atomic E-state index is 11.9. The van der Waals surface area contributed by atoms with Gasteiger partial charge in [0, 0.05) is 5.56 Å². The number of hydrogen-bond acceptors (Lipinski definition) is 2. The smallest absolute Gasteiger partial charge is 0.377 e. The predicted octanol–water partition coefficient (Wildman–Crippen LogP) is 4.21. The molecule has 3 nitrogen and oxygen atoms in total. The van der Waals surface area contributed by atoms with E-state index in [1.807, 2.05) is 66.7 Å². The number of Topliss-reactive ketones (excluding diaryl/α,β-unsaturated/α-hetero) is 1. The lowest BCUT2D eigenvalue weighted by molar-refractivity contribution is -0.131. The molecule has 0 bridgehead atoms. The highest BCUT2D eigenvalue weighted by Crippen LogP contribution is 2.24. The van der Waals surface area contributed by atoms with Crippen LogP contribution in [0.2, 0.25) is 0 Å². The van der Waals surface area contributed by atoms with Crippen molar-refractivity contribution in [3.05, 3.63) is 95.6 Å². The van der Waals surface area contributed by atoms with Crippen molar-refractivity contribution >= 4 is 11.8 Å². The normalized spacial score (nSPS) is 10.3. The second kappa shape index (κ2) is 6.92. The molecule has 0 spiro atoms. The molecule has 3 heteroatoms. The first-order chi connectivity index (χ1) is 11.6. The van der Waals surface area contributed by atoms with E-state index >= 15 is 0 Å². The number of ketones is 1. The summed E-state index contributed by atoms with van der Waals surface area (Å²) in [6, 6.07) is 24.8. The Morgan fingerprint density at radius 3 is 1.96 bits per heavy atom. The minimum atomic E-state index is -1.44. The van der Waals surface area contributed by atoms with Crippen LogP contribution in [0, 0.1) is 0 Å². The van der Waals surface area contributed by atoms with Crippen molar-refractivity contribution in [1.82, 2.24) is 0 Å². The van der Waals surface area contributed by atoms with Gasteiger partial charge in [-0.05, 0) is 40.8 Å². The molecule has 0 aromatic heterocycles. The summed E-state index contributed by atoms with van der Waals surface area (Å²) in [5.41, 5.74) is 4.01. The fourth-order valence-electron chi connectivity index (χ4n) is 2.68. The Morgan fingerprint density at radius 2 is 1.33 bits per heavy atom. The van der Waals surface area contributed by atoms with Crippen LogP contribution in [0.4, 0.5) is 0 Å². The van der Waals surface area contributed by atoms with Gasteiger partial charge in [-0.1, -0.05) is 66.7 Å². The highest BCUT2D eigenvalue weighted by atomic mass is 16.4. The molecule has 0 aliphatic heterocycles. The predicted molar refractivity (Wildman–Crippen MR) is 93.1 cm³/mol. The molecule has 0 heterocycles. The molecule has 0 unspecified atom stereocenters. The van der Waals surface area contributed by atoms with Crippen molar-refractivity contribution in [2.75, 3.05) is 0 Å². The lowest BCUT2D eigenvalue weighted by Crippen LogP contribution is -2.13. The van der Waals surface area contributed by atoms with Gasteiger partial charge < -0.3 is 5.11 Å². The van der Waals surface area contributed by atoms with E-state index in [1.54, 1.807) is 12.1 Å². The lowest BCUT2D eigenvalue weighted by Gasteiger charge is -2.09. The monoisotopic (exact) mass is 316 g/mol. The fourth-order valence-corrected chi connectivity index (χ4v) is 2.68. The largest absolute Gasteiger partial charge is 0.475 e. The van der Waals surface area contributed by atoms with Crippen LogP contribution in [0.5, 0.6) is 0 Å². The average molecular weight is 316 g/mol. The van der Waals surface area contributed by atoms with E-state index in [2.05, 4.69) is 0 Å². The molecule has 0 radical (unpaired) electrons. The number of carboxylic acid groups (broad SMARTS) is 1. The Bertz CT molecular complexity index is 868. The number of carbonyl (C=O) groups is 2. The summed E-state index contributed by atoms with van der Waals surface area (Å²) in [5, 5.41) is 9.03. The van der Waals surface area contributed by atoms with E-state index in [-0.39, 0.29) is 5.56 Å². The molecule has 3 rings (SSSR count). The van der Waals surface area contributed by atoms with E-state index in [9.17, 15) is 9.59 Å². The summed E-state index contributed by atoms with van der Waals surface area (Å²) >= 11 is 0.